The molecule has 0 radical (unpaired) electrons. The summed E-state index contributed by atoms with van der Waals surface area (Å²) in [6, 6.07) is 4.32. The molecule has 1 aliphatic carbocycles. The van der Waals surface area contributed by atoms with Crippen LogP contribution in [0.1, 0.15) is 67.1 Å². The van der Waals surface area contributed by atoms with Gasteiger partial charge < -0.3 is 14.2 Å². The topological polar surface area (TPSA) is 27.7 Å². The molecule has 0 N–H and O–H groups in total. The van der Waals surface area contributed by atoms with Crippen molar-refractivity contribution >= 4 is 5.83 Å². The van der Waals surface area contributed by atoms with Gasteiger partial charge in [0.05, 0.1) is 13.2 Å². The average molecular weight is 541 g/mol. The Kier molecular flexibility index (Phi) is 9.54. The minimum absolute atomic E-state index is 0.000188. The summed E-state index contributed by atoms with van der Waals surface area (Å²) in [5.41, 5.74) is 0.516. The minimum atomic E-state index is -1.44. The number of hydrogen-bond acceptors (Lipinski definition) is 3. The number of ether oxygens (including phenoxy) is 3. The second-order valence-electron chi connectivity index (χ2n) is 9.81. The zero-order chi connectivity index (χ0) is 27.2. The van der Waals surface area contributed by atoms with Crippen molar-refractivity contribution in [1.29, 1.82) is 0 Å². The van der Waals surface area contributed by atoms with Gasteiger partial charge in [0, 0.05) is 11.5 Å². The molecule has 0 amide bonds. The predicted molar refractivity (Wildman–Crippen MR) is 130 cm³/mol. The second-order valence-corrected chi connectivity index (χ2v) is 9.81. The summed E-state index contributed by atoms with van der Waals surface area (Å²) in [6.07, 6.45) is 5.62. The van der Waals surface area contributed by atoms with Gasteiger partial charge in [-0.2, -0.15) is 8.78 Å². The lowest BCUT2D eigenvalue weighted by atomic mass is 9.77. The van der Waals surface area contributed by atoms with Gasteiger partial charge in [-0.25, -0.2) is 17.6 Å². The minimum Gasteiger partial charge on any atom is -0.464 e. The summed E-state index contributed by atoms with van der Waals surface area (Å²) in [7, 11) is 0. The number of halogens is 6. The van der Waals surface area contributed by atoms with E-state index >= 15 is 0 Å². The lowest BCUT2D eigenvalue weighted by molar-refractivity contribution is -0.191. The lowest BCUT2D eigenvalue weighted by Gasteiger charge is -2.32. The highest BCUT2D eigenvalue weighted by Crippen LogP contribution is 2.39. The molecule has 0 atom stereocenters. The molecule has 1 aliphatic heterocycles. The van der Waals surface area contributed by atoms with E-state index in [0.29, 0.717) is 23.5 Å². The Morgan fingerprint density at radius 2 is 1.53 bits per heavy atom. The lowest BCUT2D eigenvalue weighted by Crippen LogP contribution is -2.31. The number of benzene rings is 2. The van der Waals surface area contributed by atoms with Crippen LogP contribution in [0.3, 0.4) is 0 Å². The first-order chi connectivity index (χ1) is 18.3. The summed E-state index contributed by atoms with van der Waals surface area (Å²) in [4.78, 5) is 0. The van der Waals surface area contributed by atoms with Gasteiger partial charge in [-0.3, -0.25) is 0 Å². The van der Waals surface area contributed by atoms with Crippen LogP contribution in [-0.2, 0) is 14.2 Å². The van der Waals surface area contributed by atoms with Gasteiger partial charge in [0.25, 0.3) is 0 Å². The highest BCUT2D eigenvalue weighted by molar-refractivity contribution is 5.60. The molecule has 206 valence electrons. The second kappa shape index (κ2) is 12.8. The highest BCUT2D eigenvalue weighted by Gasteiger charge is 2.29. The van der Waals surface area contributed by atoms with E-state index < -0.39 is 41.4 Å². The van der Waals surface area contributed by atoms with Gasteiger partial charge in [-0.05, 0) is 79.7 Å². The largest absolute Gasteiger partial charge is 0.464 e. The summed E-state index contributed by atoms with van der Waals surface area (Å²) >= 11 is 0. The molecule has 9 heteroatoms. The maximum Gasteiger partial charge on any atom is 0.310 e. The fourth-order valence-corrected chi connectivity index (χ4v) is 5.16. The molecule has 0 bridgehead atoms. The van der Waals surface area contributed by atoms with Crippen LogP contribution in [0.2, 0.25) is 0 Å². The van der Waals surface area contributed by atoms with E-state index in [-0.39, 0.29) is 37.2 Å². The van der Waals surface area contributed by atoms with Crippen molar-refractivity contribution in [3.8, 4) is 0 Å². The van der Waals surface area contributed by atoms with Crippen molar-refractivity contribution in [2.75, 3.05) is 19.8 Å². The van der Waals surface area contributed by atoms with Crippen molar-refractivity contribution in [3.63, 3.8) is 0 Å². The van der Waals surface area contributed by atoms with Crippen LogP contribution in [0.15, 0.2) is 49.0 Å². The van der Waals surface area contributed by atoms with Crippen LogP contribution >= 0.6 is 0 Å². The van der Waals surface area contributed by atoms with Gasteiger partial charge in [-0.15, -0.1) is 0 Å². The van der Waals surface area contributed by atoms with Crippen molar-refractivity contribution in [1.82, 2.24) is 0 Å². The SMILES string of the molecule is C=CCO/C(F)=C(\F)c1ccc(C2COC(CCC3CCC(c4cc(F)c(F)c(F)c4)CC3)OC2)c(F)c1. The third kappa shape index (κ3) is 6.80. The Labute approximate surface area is 218 Å². The molecule has 3 nitrogen and oxygen atoms in total. The summed E-state index contributed by atoms with van der Waals surface area (Å²) in [6.45, 7) is 3.59. The van der Waals surface area contributed by atoms with Crippen LogP contribution in [-0.4, -0.2) is 26.1 Å². The molecular weight excluding hydrogens is 510 g/mol. The Morgan fingerprint density at radius 3 is 2.13 bits per heavy atom. The van der Waals surface area contributed by atoms with Gasteiger partial charge >= 0.3 is 6.01 Å². The quantitative estimate of drug-likeness (QED) is 0.139. The molecule has 2 aromatic carbocycles. The van der Waals surface area contributed by atoms with Crippen LogP contribution in [0, 0.1) is 29.2 Å². The molecule has 0 unspecified atom stereocenters. The summed E-state index contributed by atoms with van der Waals surface area (Å²) in [5, 5.41) is 0. The molecule has 2 aromatic rings. The van der Waals surface area contributed by atoms with Crippen molar-refractivity contribution in [2.45, 2.75) is 56.7 Å². The molecule has 0 aromatic heterocycles. The average Bonchev–Trinajstić information content (AvgIpc) is 2.93. The van der Waals surface area contributed by atoms with Gasteiger partial charge in [0.1, 0.15) is 12.4 Å². The number of hydrogen-bond donors (Lipinski definition) is 0. The Hall–Kier alpha value is -2.78. The maximum absolute atomic E-state index is 14.7. The zero-order valence-electron chi connectivity index (χ0n) is 20.8. The fraction of sp³-hybridized carbons (Fsp3) is 0.448. The highest BCUT2D eigenvalue weighted by atomic mass is 19.2. The Bertz CT molecular complexity index is 1130. The number of rotatable bonds is 9. The monoisotopic (exact) mass is 540 g/mol. The molecular formula is C29H30F6O3. The summed E-state index contributed by atoms with van der Waals surface area (Å²) < 4.78 is 99.0. The standard InChI is InChI=1S/C29H30F6O3/c1-2-11-36-29(35)27(33)19-8-9-22(23(30)12-19)21-15-37-26(38-16-21)10-5-17-3-6-18(7-4-17)20-13-24(31)28(34)25(32)14-20/h2,8-9,12-14,17-18,21,26H,1,3-7,10-11,15-16H2/b29-27-. The first kappa shape index (κ1) is 28.2. The molecule has 2 fully saturated rings. The molecule has 1 saturated carbocycles. The summed E-state index contributed by atoms with van der Waals surface area (Å²) in [5.74, 6) is -5.72. The molecule has 1 heterocycles. The first-order valence-corrected chi connectivity index (χ1v) is 12.7. The van der Waals surface area contributed by atoms with Crippen molar-refractivity contribution < 1.29 is 40.6 Å². The Balaban J connectivity index is 1.23. The predicted octanol–water partition coefficient (Wildman–Crippen LogP) is 8.22. The molecule has 2 aliphatic rings. The van der Waals surface area contributed by atoms with E-state index in [4.69, 9.17) is 9.47 Å². The van der Waals surface area contributed by atoms with E-state index in [1.807, 2.05) is 0 Å². The van der Waals surface area contributed by atoms with Gasteiger partial charge in [0.15, 0.2) is 23.7 Å². The fourth-order valence-electron chi connectivity index (χ4n) is 5.16. The smallest absolute Gasteiger partial charge is 0.310 e. The zero-order valence-corrected chi connectivity index (χ0v) is 20.8. The normalized spacial score (nSPS) is 24.6. The van der Waals surface area contributed by atoms with E-state index in [1.165, 1.54) is 18.2 Å². The van der Waals surface area contributed by atoms with Gasteiger partial charge in [-0.1, -0.05) is 24.8 Å². The van der Waals surface area contributed by atoms with E-state index in [1.54, 1.807) is 0 Å². The Morgan fingerprint density at radius 1 is 0.868 bits per heavy atom. The van der Waals surface area contributed by atoms with Crippen LogP contribution < -0.4 is 0 Å². The van der Waals surface area contributed by atoms with Crippen LogP contribution in [0.4, 0.5) is 26.3 Å². The van der Waals surface area contributed by atoms with E-state index in [0.717, 1.165) is 50.3 Å². The first-order valence-electron chi connectivity index (χ1n) is 12.7. The third-order valence-corrected chi connectivity index (χ3v) is 7.30. The van der Waals surface area contributed by atoms with Crippen LogP contribution in [0.5, 0.6) is 0 Å². The van der Waals surface area contributed by atoms with E-state index in [2.05, 4.69) is 11.3 Å². The van der Waals surface area contributed by atoms with Gasteiger partial charge in [0.2, 0.25) is 5.83 Å². The molecule has 4 rings (SSSR count). The van der Waals surface area contributed by atoms with Crippen LogP contribution in [0.25, 0.3) is 5.83 Å². The van der Waals surface area contributed by atoms with Crippen molar-refractivity contribution in [2.24, 2.45) is 5.92 Å². The van der Waals surface area contributed by atoms with Crippen molar-refractivity contribution in [3.05, 3.63) is 89.0 Å². The van der Waals surface area contributed by atoms with E-state index in [9.17, 15) is 26.3 Å². The third-order valence-electron chi connectivity index (χ3n) is 7.30. The maximum atomic E-state index is 14.7. The molecule has 1 saturated heterocycles. The molecule has 38 heavy (non-hydrogen) atoms. The molecule has 0 spiro atoms.